The molecule has 0 bridgehead atoms. The Morgan fingerprint density at radius 2 is 2.13 bits per heavy atom. The molecule has 15 heavy (non-hydrogen) atoms. The van der Waals surface area contributed by atoms with E-state index in [9.17, 15) is 9.59 Å². The number of halogens is 1. The van der Waals surface area contributed by atoms with Crippen molar-refractivity contribution in [3.63, 3.8) is 0 Å². The van der Waals surface area contributed by atoms with Gasteiger partial charge in [0.25, 0.3) is 0 Å². The van der Waals surface area contributed by atoms with Gasteiger partial charge in [0.15, 0.2) is 0 Å². The highest BCUT2D eigenvalue weighted by Gasteiger charge is 2.15. The zero-order valence-corrected chi connectivity index (χ0v) is 9.61. The SMILES string of the molecule is CC(NC(=O)C(=O)O)c1cccc(Br)c1. The van der Waals surface area contributed by atoms with Gasteiger partial charge in [-0.15, -0.1) is 0 Å². The summed E-state index contributed by atoms with van der Waals surface area (Å²) >= 11 is 3.30. The first kappa shape index (κ1) is 11.7. The van der Waals surface area contributed by atoms with E-state index in [0.29, 0.717) is 0 Å². The number of carbonyl (C=O) groups excluding carboxylic acids is 1. The minimum atomic E-state index is -1.48. The maximum Gasteiger partial charge on any atom is 0.394 e. The molecule has 0 saturated carbocycles. The van der Waals surface area contributed by atoms with E-state index in [1.165, 1.54) is 0 Å². The van der Waals surface area contributed by atoms with Crippen LogP contribution in [0.1, 0.15) is 18.5 Å². The number of carboxylic acid groups (broad SMARTS) is 1. The lowest BCUT2D eigenvalue weighted by Gasteiger charge is -2.12. The molecule has 0 aromatic heterocycles. The molecule has 0 aliphatic heterocycles. The Morgan fingerprint density at radius 1 is 1.47 bits per heavy atom. The van der Waals surface area contributed by atoms with Crippen molar-refractivity contribution in [3.8, 4) is 0 Å². The van der Waals surface area contributed by atoms with E-state index in [-0.39, 0.29) is 6.04 Å². The van der Waals surface area contributed by atoms with E-state index < -0.39 is 11.9 Å². The molecule has 0 aliphatic rings. The fourth-order valence-corrected chi connectivity index (χ4v) is 1.53. The molecule has 1 rings (SSSR count). The van der Waals surface area contributed by atoms with Gasteiger partial charge in [-0.3, -0.25) is 4.79 Å². The summed E-state index contributed by atoms with van der Waals surface area (Å²) in [7, 11) is 0. The van der Waals surface area contributed by atoms with Crippen molar-refractivity contribution >= 4 is 27.8 Å². The summed E-state index contributed by atoms with van der Waals surface area (Å²) in [6.45, 7) is 1.72. The zero-order valence-electron chi connectivity index (χ0n) is 8.03. The van der Waals surface area contributed by atoms with Crippen LogP contribution < -0.4 is 5.32 Å². The van der Waals surface area contributed by atoms with Gasteiger partial charge >= 0.3 is 11.9 Å². The van der Waals surface area contributed by atoms with Crippen molar-refractivity contribution in [3.05, 3.63) is 34.3 Å². The van der Waals surface area contributed by atoms with Crippen molar-refractivity contribution in [1.82, 2.24) is 5.32 Å². The van der Waals surface area contributed by atoms with Crippen LogP contribution in [0.25, 0.3) is 0 Å². The Hall–Kier alpha value is -1.36. The molecule has 1 amide bonds. The van der Waals surface area contributed by atoms with Crippen LogP contribution >= 0.6 is 15.9 Å². The van der Waals surface area contributed by atoms with Crippen molar-refractivity contribution in [2.75, 3.05) is 0 Å². The van der Waals surface area contributed by atoms with Gasteiger partial charge in [-0.25, -0.2) is 4.79 Å². The van der Waals surface area contributed by atoms with Gasteiger partial charge in [-0.2, -0.15) is 0 Å². The van der Waals surface area contributed by atoms with Crippen LogP contribution in [-0.2, 0) is 9.59 Å². The normalized spacial score (nSPS) is 11.9. The van der Waals surface area contributed by atoms with Gasteiger partial charge in [0, 0.05) is 4.47 Å². The largest absolute Gasteiger partial charge is 0.474 e. The van der Waals surface area contributed by atoms with E-state index in [2.05, 4.69) is 21.2 Å². The lowest BCUT2D eigenvalue weighted by Crippen LogP contribution is -2.32. The molecule has 80 valence electrons. The van der Waals surface area contributed by atoms with Crippen LogP contribution in [0.2, 0.25) is 0 Å². The van der Waals surface area contributed by atoms with E-state index in [4.69, 9.17) is 5.11 Å². The predicted octanol–water partition coefficient (Wildman–Crippen LogP) is 1.71. The van der Waals surface area contributed by atoms with Gasteiger partial charge in [-0.05, 0) is 24.6 Å². The molecule has 1 atom stereocenters. The third kappa shape index (κ3) is 3.36. The monoisotopic (exact) mass is 271 g/mol. The maximum absolute atomic E-state index is 10.9. The molecule has 0 spiro atoms. The molecule has 0 radical (unpaired) electrons. The first-order valence-corrected chi connectivity index (χ1v) is 5.09. The lowest BCUT2D eigenvalue weighted by molar-refractivity contribution is -0.150. The summed E-state index contributed by atoms with van der Waals surface area (Å²) in [6, 6.07) is 6.99. The summed E-state index contributed by atoms with van der Waals surface area (Å²) in [5.41, 5.74) is 0.846. The van der Waals surface area contributed by atoms with Crippen molar-refractivity contribution in [2.24, 2.45) is 0 Å². The van der Waals surface area contributed by atoms with E-state index in [1.54, 1.807) is 6.92 Å². The van der Waals surface area contributed by atoms with Gasteiger partial charge < -0.3 is 10.4 Å². The first-order valence-electron chi connectivity index (χ1n) is 4.30. The number of hydrogen-bond acceptors (Lipinski definition) is 2. The zero-order chi connectivity index (χ0) is 11.4. The number of amides is 1. The number of aliphatic carboxylic acids is 1. The Balaban J connectivity index is 2.73. The minimum Gasteiger partial charge on any atom is -0.474 e. The molecule has 4 nitrogen and oxygen atoms in total. The number of carbonyl (C=O) groups is 2. The Labute approximate surface area is 95.4 Å². The number of benzene rings is 1. The minimum absolute atomic E-state index is 0.328. The molecular weight excluding hydrogens is 262 g/mol. The molecule has 2 N–H and O–H groups in total. The number of carboxylic acids is 1. The molecule has 1 aromatic rings. The third-order valence-corrected chi connectivity index (χ3v) is 2.38. The van der Waals surface area contributed by atoms with E-state index >= 15 is 0 Å². The molecule has 1 unspecified atom stereocenters. The topological polar surface area (TPSA) is 66.4 Å². The van der Waals surface area contributed by atoms with E-state index in [0.717, 1.165) is 10.0 Å². The summed E-state index contributed by atoms with van der Waals surface area (Å²) in [6.07, 6.45) is 0. The number of hydrogen-bond donors (Lipinski definition) is 2. The molecular formula is C10H10BrNO3. The summed E-state index contributed by atoms with van der Waals surface area (Å²) < 4.78 is 0.886. The molecule has 5 heteroatoms. The highest BCUT2D eigenvalue weighted by Crippen LogP contribution is 2.17. The van der Waals surface area contributed by atoms with Crippen molar-refractivity contribution < 1.29 is 14.7 Å². The van der Waals surface area contributed by atoms with Crippen LogP contribution in [0.3, 0.4) is 0 Å². The first-order chi connectivity index (χ1) is 7.00. The van der Waals surface area contributed by atoms with E-state index in [1.807, 2.05) is 24.3 Å². The van der Waals surface area contributed by atoms with Crippen molar-refractivity contribution in [2.45, 2.75) is 13.0 Å². The second-order valence-corrected chi connectivity index (χ2v) is 3.97. The Bertz CT molecular complexity index is 392. The Kier molecular flexibility index (Phi) is 3.85. The van der Waals surface area contributed by atoms with Gasteiger partial charge in [0.05, 0.1) is 6.04 Å². The highest BCUT2D eigenvalue weighted by molar-refractivity contribution is 9.10. The number of rotatable bonds is 2. The third-order valence-electron chi connectivity index (χ3n) is 1.89. The van der Waals surface area contributed by atoms with Gasteiger partial charge in [-0.1, -0.05) is 28.1 Å². The average Bonchev–Trinajstić information content (AvgIpc) is 2.17. The molecule has 0 aliphatic carbocycles. The van der Waals surface area contributed by atoms with Crippen LogP contribution in [0.4, 0.5) is 0 Å². The standard InChI is InChI=1S/C10H10BrNO3/c1-6(12-9(13)10(14)15)7-3-2-4-8(11)5-7/h2-6H,1H3,(H,12,13)(H,14,15). The van der Waals surface area contributed by atoms with Crippen LogP contribution in [0.5, 0.6) is 0 Å². The quantitative estimate of drug-likeness (QED) is 0.805. The summed E-state index contributed by atoms with van der Waals surface area (Å²) in [5.74, 6) is -2.47. The second-order valence-electron chi connectivity index (χ2n) is 3.06. The fraction of sp³-hybridized carbons (Fsp3) is 0.200. The molecule has 0 heterocycles. The molecule has 1 aromatic carbocycles. The van der Waals surface area contributed by atoms with Crippen LogP contribution in [0, 0.1) is 0 Å². The van der Waals surface area contributed by atoms with Gasteiger partial charge in [0.1, 0.15) is 0 Å². The Morgan fingerprint density at radius 3 is 2.67 bits per heavy atom. The lowest BCUT2D eigenvalue weighted by atomic mass is 10.1. The van der Waals surface area contributed by atoms with Crippen LogP contribution in [0.15, 0.2) is 28.7 Å². The molecule has 0 fully saturated rings. The van der Waals surface area contributed by atoms with Crippen molar-refractivity contribution in [1.29, 1.82) is 0 Å². The number of nitrogens with one attached hydrogen (secondary N) is 1. The predicted molar refractivity (Wildman–Crippen MR) is 58.3 cm³/mol. The maximum atomic E-state index is 10.9. The summed E-state index contributed by atoms with van der Waals surface area (Å²) in [5, 5.41) is 10.8. The van der Waals surface area contributed by atoms with Crippen LogP contribution in [-0.4, -0.2) is 17.0 Å². The summed E-state index contributed by atoms with van der Waals surface area (Å²) in [4.78, 5) is 21.2. The van der Waals surface area contributed by atoms with Gasteiger partial charge in [0.2, 0.25) is 0 Å². The smallest absolute Gasteiger partial charge is 0.394 e. The molecule has 0 saturated heterocycles. The average molecular weight is 272 g/mol. The second kappa shape index (κ2) is 4.93. The fourth-order valence-electron chi connectivity index (χ4n) is 1.12. The highest BCUT2D eigenvalue weighted by atomic mass is 79.9.